The predicted molar refractivity (Wildman–Crippen MR) is 221 cm³/mol. The van der Waals surface area contributed by atoms with Crippen LogP contribution in [-0.2, 0) is 43.4 Å². The van der Waals surface area contributed by atoms with E-state index in [9.17, 15) is 27.6 Å². The van der Waals surface area contributed by atoms with Crippen molar-refractivity contribution in [2.75, 3.05) is 77.3 Å². The number of unbranched alkanes of at least 4 members (excludes halogenated alkanes) is 12. The summed E-state index contributed by atoms with van der Waals surface area (Å²) in [6.07, 6.45) is 15.9. The van der Waals surface area contributed by atoms with Crippen molar-refractivity contribution >= 4 is 51.2 Å². The van der Waals surface area contributed by atoms with Crippen molar-refractivity contribution < 1.29 is 61.5 Å². The van der Waals surface area contributed by atoms with E-state index >= 15 is 0 Å². The van der Waals surface area contributed by atoms with Gasteiger partial charge in [0.05, 0.1) is 61.7 Å². The normalized spacial score (nSPS) is 11.3. The average Bonchev–Trinajstić information content (AvgIpc) is 3.20. The SMILES string of the molecule is O=C(O)CCCCCCCCCCCCCCCOc1ccc(S(=O)(=O)Nc2ccc(C(=O)NCCOCCOCC(=O)NCCOCCOCC(=O)O)cn2)cc1Cl. The van der Waals surface area contributed by atoms with Gasteiger partial charge in [0.2, 0.25) is 5.91 Å². The Morgan fingerprint density at radius 2 is 1.19 bits per heavy atom. The molecular formula is C40H61ClN4O13S. The Balaban J connectivity index is 1.52. The third-order valence-corrected chi connectivity index (χ3v) is 10.2. The van der Waals surface area contributed by atoms with Gasteiger partial charge in [0.25, 0.3) is 15.9 Å². The molecule has 0 aliphatic carbocycles. The van der Waals surface area contributed by atoms with Crippen LogP contribution in [-0.4, -0.2) is 120 Å². The minimum absolute atomic E-state index is 0.0186. The number of aliphatic carboxylic acids is 2. The molecule has 0 spiro atoms. The van der Waals surface area contributed by atoms with E-state index in [2.05, 4.69) is 20.3 Å². The summed E-state index contributed by atoms with van der Waals surface area (Å²) in [5.41, 5.74) is 0.217. The number of halogens is 1. The number of benzene rings is 1. The largest absolute Gasteiger partial charge is 0.492 e. The zero-order chi connectivity index (χ0) is 43.0. The molecule has 0 aliphatic rings. The first-order valence-electron chi connectivity index (χ1n) is 20.2. The Kier molecular flexibility index (Phi) is 27.5. The number of nitrogens with zero attached hydrogens (tertiary/aromatic N) is 1. The summed E-state index contributed by atoms with van der Waals surface area (Å²) in [7, 11) is -4.03. The molecular weight excluding hydrogens is 812 g/mol. The third kappa shape index (κ3) is 25.9. The number of carboxylic acids is 2. The van der Waals surface area contributed by atoms with Gasteiger partial charge in [-0.1, -0.05) is 82.2 Å². The summed E-state index contributed by atoms with van der Waals surface area (Å²) in [4.78, 5) is 49.1. The summed E-state index contributed by atoms with van der Waals surface area (Å²) in [5, 5.41) is 22.6. The molecule has 1 aromatic carbocycles. The molecule has 19 heteroatoms. The topological polar surface area (TPSA) is 238 Å². The Bertz CT molecular complexity index is 1620. The molecule has 2 aromatic rings. The van der Waals surface area contributed by atoms with Gasteiger partial charge in [-0.05, 0) is 43.2 Å². The summed E-state index contributed by atoms with van der Waals surface area (Å²) < 4.78 is 54.9. The minimum atomic E-state index is -4.03. The zero-order valence-corrected chi connectivity index (χ0v) is 35.3. The number of amides is 2. The van der Waals surface area contributed by atoms with Crippen LogP contribution in [0.2, 0.25) is 5.02 Å². The van der Waals surface area contributed by atoms with E-state index in [1.807, 2.05) is 0 Å². The number of nitrogens with one attached hydrogen (secondary N) is 3. The molecule has 2 rings (SSSR count). The number of aromatic nitrogens is 1. The maximum atomic E-state index is 13.0. The molecule has 5 N–H and O–H groups in total. The lowest BCUT2D eigenvalue weighted by Crippen LogP contribution is -2.31. The molecule has 1 heterocycles. The van der Waals surface area contributed by atoms with Crippen molar-refractivity contribution in [3.63, 3.8) is 0 Å². The molecule has 0 radical (unpaired) electrons. The Labute approximate surface area is 352 Å². The van der Waals surface area contributed by atoms with Crippen LogP contribution in [0.3, 0.4) is 0 Å². The van der Waals surface area contributed by atoms with Gasteiger partial charge in [-0.3, -0.25) is 19.1 Å². The van der Waals surface area contributed by atoms with Crippen molar-refractivity contribution in [2.45, 2.75) is 94.8 Å². The maximum Gasteiger partial charge on any atom is 0.329 e. The minimum Gasteiger partial charge on any atom is -0.492 e. The average molecular weight is 873 g/mol. The van der Waals surface area contributed by atoms with Gasteiger partial charge in [-0.25, -0.2) is 18.2 Å². The highest BCUT2D eigenvalue weighted by molar-refractivity contribution is 7.92. The number of rotatable bonds is 37. The van der Waals surface area contributed by atoms with Crippen LogP contribution in [0.5, 0.6) is 5.75 Å². The lowest BCUT2D eigenvalue weighted by atomic mass is 10.0. The van der Waals surface area contributed by atoms with Crippen LogP contribution in [0.1, 0.15) is 100 Å². The van der Waals surface area contributed by atoms with E-state index in [4.69, 9.17) is 45.5 Å². The molecule has 0 bridgehead atoms. The quantitative estimate of drug-likeness (QED) is 0.0531. The van der Waals surface area contributed by atoms with Crippen molar-refractivity contribution in [2.24, 2.45) is 0 Å². The van der Waals surface area contributed by atoms with Crippen LogP contribution >= 0.6 is 11.6 Å². The Hall–Kier alpha value is -4.07. The van der Waals surface area contributed by atoms with E-state index in [1.54, 1.807) is 0 Å². The number of carbonyl (C=O) groups is 4. The van der Waals surface area contributed by atoms with Crippen molar-refractivity contribution in [3.05, 3.63) is 47.1 Å². The fourth-order valence-corrected chi connectivity index (χ4v) is 6.81. The van der Waals surface area contributed by atoms with E-state index < -0.39 is 34.5 Å². The highest BCUT2D eigenvalue weighted by atomic mass is 35.5. The second kappa shape index (κ2) is 31.8. The number of sulfonamides is 1. The highest BCUT2D eigenvalue weighted by Gasteiger charge is 2.18. The number of anilines is 1. The molecule has 0 aliphatic heterocycles. The summed E-state index contributed by atoms with van der Waals surface area (Å²) in [6, 6.07) is 7.06. The summed E-state index contributed by atoms with van der Waals surface area (Å²) >= 11 is 6.36. The van der Waals surface area contributed by atoms with Crippen LogP contribution in [0.25, 0.3) is 0 Å². The summed E-state index contributed by atoms with van der Waals surface area (Å²) in [5.74, 6) is -2.10. The number of carbonyl (C=O) groups excluding carboxylic acids is 2. The molecule has 1 aromatic heterocycles. The lowest BCUT2D eigenvalue weighted by molar-refractivity contribution is -0.143. The number of hydrogen-bond donors (Lipinski definition) is 5. The fourth-order valence-electron chi connectivity index (χ4n) is 5.47. The molecule has 0 saturated carbocycles. The van der Waals surface area contributed by atoms with Crippen molar-refractivity contribution in [1.29, 1.82) is 0 Å². The second-order valence-electron chi connectivity index (χ2n) is 13.5. The van der Waals surface area contributed by atoms with Crippen molar-refractivity contribution in [1.82, 2.24) is 15.6 Å². The smallest absolute Gasteiger partial charge is 0.329 e. The third-order valence-electron chi connectivity index (χ3n) is 8.57. The van der Waals surface area contributed by atoms with Gasteiger partial charge in [-0.15, -0.1) is 0 Å². The van der Waals surface area contributed by atoms with Gasteiger partial charge in [0.1, 0.15) is 24.8 Å². The molecule has 0 fully saturated rings. The molecule has 0 unspecified atom stereocenters. The zero-order valence-electron chi connectivity index (χ0n) is 33.8. The molecule has 332 valence electrons. The second-order valence-corrected chi connectivity index (χ2v) is 15.6. The number of pyridine rings is 1. The number of ether oxygens (including phenoxy) is 5. The van der Waals surface area contributed by atoms with Crippen LogP contribution in [0.4, 0.5) is 5.82 Å². The van der Waals surface area contributed by atoms with E-state index in [0.29, 0.717) is 12.4 Å². The van der Waals surface area contributed by atoms with E-state index in [-0.39, 0.29) is 93.0 Å². The summed E-state index contributed by atoms with van der Waals surface area (Å²) in [6.45, 7) is 1.52. The number of carboxylic acid groups (broad SMARTS) is 2. The van der Waals surface area contributed by atoms with Crippen LogP contribution < -0.4 is 20.1 Å². The molecule has 2 amide bonds. The monoisotopic (exact) mass is 872 g/mol. The fraction of sp³-hybridized carbons (Fsp3) is 0.625. The van der Waals surface area contributed by atoms with Gasteiger partial charge in [0.15, 0.2) is 0 Å². The lowest BCUT2D eigenvalue weighted by Gasteiger charge is -2.11. The molecule has 17 nitrogen and oxygen atoms in total. The Morgan fingerprint density at radius 1 is 0.627 bits per heavy atom. The van der Waals surface area contributed by atoms with E-state index in [0.717, 1.165) is 38.5 Å². The molecule has 0 saturated heterocycles. The van der Waals surface area contributed by atoms with E-state index in [1.165, 1.54) is 81.5 Å². The maximum absolute atomic E-state index is 13.0. The molecule has 59 heavy (non-hydrogen) atoms. The first-order chi connectivity index (χ1) is 28.5. The van der Waals surface area contributed by atoms with Crippen LogP contribution in [0.15, 0.2) is 41.4 Å². The van der Waals surface area contributed by atoms with Crippen LogP contribution in [0, 0.1) is 0 Å². The Morgan fingerprint density at radius 3 is 1.75 bits per heavy atom. The van der Waals surface area contributed by atoms with Gasteiger partial charge < -0.3 is 44.5 Å². The standard InChI is InChI=1S/C40H61ClN4O13S/c41-34-28-33(16-17-35(34)58-21-13-11-9-7-5-3-1-2-4-6-8-10-12-14-38(47)48)59(52,53)45-36-18-15-32(29-44-36)40(51)43-20-23-55-24-26-56-30-37(46)42-19-22-54-25-27-57-31-39(49)50/h15-18,28-29H,1-14,19-27,30-31H2,(H,42,46)(H,43,51)(H,44,45)(H,47,48)(H,49,50). The first kappa shape index (κ1) is 51.1. The molecule has 0 atom stereocenters. The van der Waals surface area contributed by atoms with Crippen molar-refractivity contribution in [3.8, 4) is 5.75 Å². The number of hydrogen-bond acceptors (Lipinski definition) is 12. The predicted octanol–water partition coefficient (Wildman–Crippen LogP) is 5.46. The van der Waals surface area contributed by atoms with Gasteiger partial charge in [-0.2, -0.15) is 0 Å². The highest BCUT2D eigenvalue weighted by Crippen LogP contribution is 2.28. The van der Waals surface area contributed by atoms with Gasteiger partial charge in [0, 0.05) is 25.7 Å². The van der Waals surface area contributed by atoms with Gasteiger partial charge >= 0.3 is 11.9 Å². The first-order valence-corrected chi connectivity index (χ1v) is 22.0.